The zero-order chi connectivity index (χ0) is 21.9. The maximum Gasteiger partial charge on any atom is 0.346 e. The van der Waals surface area contributed by atoms with Gasteiger partial charge in [0.15, 0.2) is 11.0 Å². The van der Waals surface area contributed by atoms with Gasteiger partial charge in [0.05, 0.1) is 13.2 Å². The summed E-state index contributed by atoms with van der Waals surface area (Å²) in [6.45, 7) is 5.12. The number of ether oxygens (including phenoxy) is 1. The fourth-order valence-electron chi connectivity index (χ4n) is 3.61. The van der Waals surface area contributed by atoms with Crippen LogP contribution < -0.4 is 23.2 Å². The summed E-state index contributed by atoms with van der Waals surface area (Å²) >= 11 is 0. The van der Waals surface area contributed by atoms with Crippen molar-refractivity contribution in [2.24, 2.45) is 0 Å². The third-order valence-corrected chi connectivity index (χ3v) is 4.74. The molecule has 158 valence electrons. The molecule has 30 heavy (non-hydrogen) atoms. The van der Waals surface area contributed by atoms with Gasteiger partial charge in [-0.05, 0) is 43.7 Å². The minimum atomic E-state index is -4.94. The quantitative estimate of drug-likeness (QED) is 0.382. The van der Waals surface area contributed by atoms with Gasteiger partial charge in [-0.3, -0.25) is 0 Å². The van der Waals surface area contributed by atoms with Crippen molar-refractivity contribution in [3.8, 4) is 5.69 Å². The zero-order valence-corrected chi connectivity index (χ0v) is 17.3. The topological polar surface area (TPSA) is 127 Å². The molecule has 0 atom stereocenters. The van der Waals surface area contributed by atoms with Gasteiger partial charge in [-0.1, -0.05) is 30.3 Å². The van der Waals surface area contributed by atoms with E-state index >= 15 is 0 Å². The first-order chi connectivity index (χ1) is 14.2. The van der Waals surface area contributed by atoms with Gasteiger partial charge in [0.25, 0.3) is 0 Å². The first kappa shape index (κ1) is 21.9. The number of carbonyl (C=O) groups excluding carboxylic acids is 1. The minimum Gasteiger partial charge on any atom is -0.462 e. The first-order valence-electron chi connectivity index (χ1n) is 9.30. The van der Waals surface area contributed by atoms with Crippen LogP contribution in [0.3, 0.4) is 0 Å². The molecule has 0 spiro atoms. The van der Waals surface area contributed by atoms with Crippen molar-refractivity contribution < 1.29 is 43.0 Å². The number of esters is 1. The summed E-state index contributed by atoms with van der Waals surface area (Å²) < 4.78 is 43.8. The van der Waals surface area contributed by atoms with Gasteiger partial charge < -0.3 is 4.74 Å². The van der Waals surface area contributed by atoms with Gasteiger partial charge in [0.1, 0.15) is 11.3 Å². The van der Waals surface area contributed by atoms with Crippen molar-refractivity contribution in [1.82, 2.24) is 4.57 Å². The maximum absolute atomic E-state index is 12.7. The number of rotatable bonds is 3. The van der Waals surface area contributed by atoms with Gasteiger partial charge >= 0.3 is 11.8 Å². The summed E-state index contributed by atoms with van der Waals surface area (Å²) in [6, 6.07) is 18.5. The van der Waals surface area contributed by atoms with Crippen LogP contribution in [0.1, 0.15) is 26.1 Å². The maximum atomic E-state index is 12.7. The Balaban J connectivity index is 0.000000461. The number of halogens is 1. The molecule has 0 N–H and O–H groups in total. The fraction of sp³-hybridized carbons (Fsp3) is 0.238. The highest BCUT2D eigenvalue weighted by molar-refractivity contribution is 6.16. The average molecular weight is 433 g/mol. The zero-order valence-electron chi connectivity index (χ0n) is 16.5. The van der Waals surface area contributed by atoms with E-state index in [0.29, 0.717) is 12.2 Å². The van der Waals surface area contributed by atoms with Crippen molar-refractivity contribution in [2.75, 3.05) is 6.61 Å². The number of aryl methyl sites for hydroxylation is 1. The summed E-state index contributed by atoms with van der Waals surface area (Å²) in [5, 5.41) is 0. The van der Waals surface area contributed by atoms with Gasteiger partial charge in [0, 0.05) is 6.42 Å². The molecule has 2 aromatic carbocycles. The Morgan fingerprint density at radius 2 is 1.67 bits per heavy atom. The summed E-state index contributed by atoms with van der Waals surface area (Å²) in [5.74, 6) is 0.669. The van der Waals surface area contributed by atoms with Crippen molar-refractivity contribution in [3.05, 3.63) is 66.0 Å². The van der Waals surface area contributed by atoms with E-state index in [9.17, 15) is 4.79 Å². The van der Waals surface area contributed by atoms with Crippen molar-refractivity contribution in [2.45, 2.75) is 26.8 Å². The highest BCUT2D eigenvalue weighted by atomic mass is 35.7. The molecule has 8 nitrogen and oxygen atoms in total. The summed E-state index contributed by atoms with van der Waals surface area (Å²) in [5.41, 5.74) is 5.05. The Bertz CT molecular complexity index is 1080. The predicted octanol–water partition coefficient (Wildman–Crippen LogP) is -1.10. The van der Waals surface area contributed by atoms with Crippen LogP contribution >= 0.6 is 0 Å². The Kier molecular flexibility index (Phi) is 6.55. The Morgan fingerprint density at radius 1 is 1.07 bits per heavy atom. The number of para-hydroxylation sites is 3. The van der Waals surface area contributed by atoms with Crippen LogP contribution in [0.4, 0.5) is 0 Å². The van der Waals surface area contributed by atoms with E-state index in [-0.39, 0.29) is 5.97 Å². The largest absolute Gasteiger partial charge is 0.462 e. The molecule has 0 aliphatic carbocycles. The number of carbonyl (C=O) groups is 1. The highest BCUT2D eigenvalue weighted by Gasteiger charge is 2.37. The Labute approximate surface area is 175 Å². The number of hydrogen-bond acceptors (Lipinski definition) is 6. The SMILES string of the molecule is CCOC(=O)C1=C(C)CC[n+]2c1n(-c1ccccc1)c1ccccc12.[O-][Cl+3]([O-])([O-])[O-]. The van der Waals surface area contributed by atoms with E-state index in [1.807, 2.05) is 44.2 Å². The van der Waals surface area contributed by atoms with Gasteiger partial charge in [0.2, 0.25) is 0 Å². The number of allylic oxidation sites excluding steroid dienone is 1. The van der Waals surface area contributed by atoms with E-state index in [0.717, 1.165) is 41.1 Å². The van der Waals surface area contributed by atoms with E-state index < -0.39 is 10.2 Å². The van der Waals surface area contributed by atoms with E-state index in [2.05, 4.69) is 33.4 Å². The molecule has 1 aromatic heterocycles. The van der Waals surface area contributed by atoms with Gasteiger partial charge in [-0.25, -0.2) is 28.0 Å². The van der Waals surface area contributed by atoms with Gasteiger partial charge in [-0.15, -0.1) is 10.2 Å². The van der Waals surface area contributed by atoms with E-state index in [1.165, 1.54) is 0 Å². The minimum absolute atomic E-state index is 0.242. The van der Waals surface area contributed by atoms with Crippen LogP contribution in [0.15, 0.2) is 60.2 Å². The van der Waals surface area contributed by atoms with Crippen LogP contribution in [0.2, 0.25) is 0 Å². The van der Waals surface area contributed by atoms with Crippen LogP contribution in [-0.2, 0) is 16.1 Å². The number of aromatic nitrogens is 2. The molecule has 0 unspecified atom stereocenters. The molecule has 1 aliphatic rings. The molecule has 9 heteroatoms. The number of nitrogens with zero attached hydrogens (tertiary/aromatic N) is 2. The smallest absolute Gasteiger partial charge is 0.346 e. The molecule has 4 rings (SSSR count). The molecular weight excluding hydrogens is 412 g/mol. The first-order valence-corrected chi connectivity index (χ1v) is 10.5. The van der Waals surface area contributed by atoms with Crippen molar-refractivity contribution in [1.29, 1.82) is 0 Å². The second-order valence-electron chi connectivity index (χ2n) is 6.64. The molecule has 0 fully saturated rings. The summed E-state index contributed by atoms with van der Waals surface area (Å²) in [4.78, 5) is 12.7. The molecule has 3 aromatic rings. The lowest BCUT2D eigenvalue weighted by atomic mass is 10.0. The van der Waals surface area contributed by atoms with Gasteiger partial charge in [-0.2, -0.15) is 4.57 Å². The molecular formula is C21H21ClN2O6. The highest BCUT2D eigenvalue weighted by Crippen LogP contribution is 2.31. The monoisotopic (exact) mass is 432 g/mol. The molecule has 0 amide bonds. The third kappa shape index (κ3) is 4.69. The van der Waals surface area contributed by atoms with Crippen LogP contribution in [0.25, 0.3) is 22.3 Å². The standard InChI is InChI=1S/C21H21N2O2.ClHO4/c1-3-25-21(24)19-15(2)13-14-22-17-11-7-8-12-18(17)23(20(19)22)16-9-5-4-6-10-16;2-1(3,4)5/h4-12H,3,13-14H2,1-2H3;(H,2,3,4,5)/q+1;/p-1. The van der Waals surface area contributed by atoms with Crippen LogP contribution in [0, 0.1) is 10.2 Å². The Hall–Kier alpha value is -2.75. The van der Waals surface area contributed by atoms with Crippen LogP contribution in [0.5, 0.6) is 0 Å². The number of fused-ring (bicyclic) bond motifs is 3. The molecule has 0 bridgehead atoms. The lowest BCUT2D eigenvalue weighted by Crippen LogP contribution is -2.68. The number of benzene rings is 2. The van der Waals surface area contributed by atoms with Crippen molar-refractivity contribution >= 4 is 22.6 Å². The molecule has 2 heterocycles. The third-order valence-electron chi connectivity index (χ3n) is 4.74. The average Bonchev–Trinajstić information content (AvgIpc) is 3.01. The fourth-order valence-corrected chi connectivity index (χ4v) is 3.61. The molecule has 1 aliphatic heterocycles. The number of hydrogen-bond donors (Lipinski definition) is 0. The van der Waals surface area contributed by atoms with E-state index in [4.69, 9.17) is 23.4 Å². The second kappa shape index (κ2) is 8.95. The Morgan fingerprint density at radius 3 is 2.30 bits per heavy atom. The van der Waals surface area contributed by atoms with E-state index in [1.54, 1.807) is 0 Å². The lowest BCUT2D eigenvalue weighted by Gasteiger charge is -2.17. The molecule has 0 radical (unpaired) electrons. The normalized spacial score (nSPS) is 13.5. The molecule has 0 saturated carbocycles. The molecule has 0 saturated heterocycles. The van der Waals surface area contributed by atoms with Crippen LogP contribution in [-0.4, -0.2) is 17.1 Å². The lowest BCUT2D eigenvalue weighted by molar-refractivity contribution is -2.00. The number of imidazole rings is 1. The second-order valence-corrected chi connectivity index (χ2v) is 7.39. The van der Waals surface area contributed by atoms with Crippen molar-refractivity contribution in [3.63, 3.8) is 0 Å². The summed E-state index contributed by atoms with van der Waals surface area (Å²) in [6.07, 6.45) is 0.856. The summed E-state index contributed by atoms with van der Waals surface area (Å²) in [7, 11) is -4.94. The predicted molar refractivity (Wildman–Crippen MR) is 97.3 cm³/mol.